The summed E-state index contributed by atoms with van der Waals surface area (Å²) in [5, 5.41) is 0.238. The smallest absolute Gasteiger partial charge is 0.273 e. The summed E-state index contributed by atoms with van der Waals surface area (Å²) in [6.07, 6.45) is 1.72. The monoisotopic (exact) mass is 392 g/mol. The van der Waals surface area contributed by atoms with E-state index in [1.165, 1.54) is 18.2 Å². The predicted octanol–water partition coefficient (Wildman–Crippen LogP) is 5.87. The van der Waals surface area contributed by atoms with E-state index in [0.29, 0.717) is 35.1 Å². The van der Waals surface area contributed by atoms with Crippen molar-refractivity contribution in [2.45, 2.75) is 19.4 Å². The maximum atomic E-state index is 14.3. The quantitative estimate of drug-likeness (QED) is 0.485. The van der Waals surface area contributed by atoms with Crippen LogP contribution in [0.15, 0.2) is 53.7 Å². The van der Waals surface area contributed by atoms with Gasteiger partial charge >= 0.3 is 0 Å². The van der Waals surface area contributed by atoms with Gasteiger partial charge in [-0.15, -0.1) is 0 Å². The van der Waals surface area contributed by atoms with E-state index in [9.17, 15) is 17.6 Å². The van der Waals surface area contributed by atoms with Gasteiger partial charge < -0.3 is 4.57 Å². The molecule has 0 unspecified atom stereocenters. The minimum Gasteiger partial charge on any atom is -0.315 e. The molecule has 0 spiro atoms. The number of aromatic nitrogens is 1. The highest BCUT2D eigenvalue weighted by Gasteiger charge is 2.29. The third-order valence-electron chi connectivity index (χ3n) is 4.50. The van der Waals surface area contributed by atoms with Gasteiger partial charge in [0, 0.05) is 24.2 Å². The Kier molecular flexibility index (Phi) is 4.11. The number of nitrogens with zero attached hydrogens (tertiary/aromatic N) is 2. The van der Waals surface area contributed by atoms with E-state index in [1.807, 2.05) is 0 Å². The zero-order valence-corrected chi connectivity index (χ0v) is 14.9. The van der Waals surface area contributed by atoms with Crippen LogP contribution in [0.4, 0.5) is 17.6 Å². The molecule has 1 aromatic heterocycles. The van der Waals surface area contributed by atoms with Crippen LogP contribution in [0.5, 0.6) is 0 Å². The lowest BCUT2D eigenvalue weighted by Crippen LogP contribution is -2.13. The molecule has 1 aliphatic heterocycles. The summed E-state index contributed by atoms with van der Waals surface area (Å²) in [7, 11) is 0. The number of rotatable bonds is 2. The van der Waals surface area contributed by atoms with E-state index >= 15 is 0 Å². The zero-order chi connectivity index (χ0) is 19.3. The summed E-state index contributed by atoms with van der Waals surface area (Å²) in [6.45, 7) is 0.797. The first-order chi connectivity index (χ1) is 12.8. The Balaban J connectivity index is 1.88. The Morgan fingerprint density at radius 2 is 1.89 bits per heavy atom. The van der Waals surface area contributed by atoms with Gasteiger partial charge in [0.05, 0.1) is 34.2 Å². The second-order valence-corrected chi connectivity index (χ2v) is 6.80. The van der Waals surface area contributed by atoms with Crippen molar-refractivity contribution in [3.8, 4) is 5.69 Å². The number of fused-ring (bicyclic) bond motifs is 3. The lowest BCUT2D eigenvalue weighted by Gasteiger charge is -2.14. The van der Waals surface area contributed by atoms with Crippen LogP contribution in [0.25, 0.3) is 5.69 Å². The zero-order valence-electron chi connectivity index (χ0n) is 14.1. The molecule has 2 heterocycles. The van der Waals surface area contributed by atoms with E-state index in [1.54, 1.807) is 22.9 Å². The van der Waals surface area contributed by atoms with Crippen molar-refractivity contribution in [3.63, 3.8) is 0 Å². The fourth-order valence-electron chi connectivity index (χ4n) is 3.24. The first kappa shape index (κ1) is 17.8. The van der Waals surface area contributed by atoms with Gasteiger partial charge in [-0.1, -0.05) is 17.7 Å². The molecular weight excluding hydrogens is 380 g/mol. The molecule has 27 heavy (non-hydrogen) atoms. The predicted molar refractivity (Wildman–Crippen MR) is 96.0 cm³/mol. The Bertz CT molecular complexity index is 1080. The molecule has 0 amide bonds. The molecule has 0 saturated carbocycles. The topological polar surface area (TPSA) is 17.3 Å². The van der Waals surface area contributed by atoms with Crippen molar-refractivity contribution >= 4 is 17.3 Å². The largest absolute Gasteiger partial charge is 0.315 e. The lowest BCUT2D eigenvalue weighted by atomic mass is 10.0. The van der Waals surface area contributed by atoms with Crippen molar-refractivity contribution in [3.05, 3.63) is 87.7 Å². The molecule has 7 heteroatoms. The summed E-state index contributed by atoms with van der Waals surface area (Å²) >= 11 is 6.18. The van der Waals surface area contributed by atoms with Gasteiger partial charge in [0.1, 0.15) is 11.6 Å². The summed E-state index contributed by atoms with van der Waals surface area (Å²) < 4.78 is 56.8. The van der Waals surface area contributed by atoms with Crippen LogP contribution in [0, 0.1) is 11.6 Å². The first-order valence-corrected chi connectivity index (χ1v) is 8.52. The number of aliphatic imine (C=N–C) groups is 1. The van der Waals surface area contributed by atoms with Gasteiger partial charge in [-0.2, -0.15) is 0 Å². The molecule has 1 aliphatic rings. The molecule has 4 rings (SSSR count). The highest BCUT2D eigenvalue weighted by atomic mass is 35.5. The van der Waals surface area contributed by atoms with E-state index < -0.39 is 23.1 Å². The number of halogens is 5. The molecule has 0 atom stereocenters. The van der Waals surface area contributed by atoms with Crippen LogP contribution >= 0.6 is 11.6 Å². The second-order valence-electron chi connectivity index (χ2n) is 6.40. The van der Waals surface area contributed by atoms with Crippen LogP contribution in [-0.4, -0.2) is 10.3 Å². The first-order valence-electron chi connectivity index (χ1n) is 8.14. The van der Waals surface area contributed by atoms with Crippen LogP contribution < -0.4 is 0 Å². The molecule has 0 radical (unpaired) electrons. The van der Waals surface area contributed by atoms with E-state index in [0.717, 1.165) is 12.1 Å². The molecule has 3 aromatic rings. The number of alkyl halides is 2. The maximum absolute atomic E-state index is 14.3. The number of hydrogen-bond donors (Lipinski definition) is 0. The van der Waals surface area contributed by atoms with Crippen molar-refractivity contribution in [2.24, 2.45) is 4.99 Å². The summed E-state index contributed by atoms with van der Waals surface area (Å²) in [5.41, 5.74) is 1.84. The summed E-state index contributed by atoms with van der Waals surface area (Å²) in [4.78, 5) is 4.51. The van der Waals surface area contributed by atoms with E-state index in [2.05, 4.69) is 4.99 Å². The number of hydrogen-bond acceptors (Lipinski definition) is 1. The van der Waals surface area contributed by atoms with Gasteiger partial charge in [0.15, 0.2) is 0 Å². The average molecular weight is 393 g/mol. The maximum Gasteiger partial charge on any atom is 0.273 e. The number of benzene rings is 2. The van der Waals surface area contributed by atoms with Crippen LogP contribution in [0.1, 0.15) is 29.3 Å². The van der Waals surface area contributed by atoms with Crippen LogP contribution in [0.3, 0.4) is 0 Å². The highest BCUT2D eigenvalue weighted by molar-refractivity contribution is 6.31. The lowest BCUT2D eigenvalue weighted by molar-refractivity contribution is 0.0137. The summed E-state index contributed by atoms with van der Waals surface area (Å²) in [5.74, 6) is -4.77. The normalized spacial score (nSPS) is 13.6. The van der Waals surface area contributed by atoms with E-state index in [-0.39, 0.29) is 11.6 Å². The minimum atomic E-state index is -3.28. The van der Waals surface area contributed by atoms with Crippen molar-refractivity contribution < 1.29 is 17.6 Å². The third kappa shape index (κ3) is 3.04. The molecule has 0 N–H and O–H groups in total. The third-order valence-corrected chi connectivity index (χ3v) is 4.84. The highest BCUT2D eigenvalue weighted by Crippen LogP contribution is 2.33. The van der Waals surface area contributed by atoms with Gasteiger partial charge in [-0.3, -0.25) is 4.99 Å². The van der Waals surface area contributed by atoms with Gasteiger partial charge in [-0.25, -0.2) is 17.6 Å². The van der Waals surface area contributed by atoms with Gasteiger partial charge in [0.2, 0.25) is 0 Å². The Morgan fingerprint density at radius 3 is 2.59 bits per heavy atom. The molecule has 2 aromatic carbocycles. The average Bonchev–Trinajstić information content (AvgIpc) is 2.99. The van der Waals surface area contributed by atoms with Crippen molar-refractivity contribution in [2.75, 3.05) is 0 Å². The molecule has 0 saturated heterocycles. The molecule has 0 aliphatic carbocycles. The van der Waals surface area contributed by atoms with Gasteiger partial charge in [-0.05, 0) is 36.4 Å². The summed E-state index contributed by atoms with van der Waals surface area (Å²) in [6, 6.07) is 9.56. The molecule has 138 valence electrons. The second kappa shape index (κ2) is 6.23. The van der Waals surface area contributed by atoms with Crippen molar-refractivity contribution in [1.29, 1.82) is 0 Å². The molecule has 0 bridgehead atoms. The Hall–Kier alpha value is -2.60. The molecular formula is C20H13ClF4N2. The minimum absolute atomic E-state index is 0.152. The standard InChI is InChI=1S/C20H13ClF4N2/c1-20(24,25)14-5-4-11(7-16(14)23)19-17-3-2-6-27(17)18-9-12(22)8-15(21)13(18)10-26-19/h2-9H,10H2,1H3. The van der Waals surface area contributed by atoms with E-state index in [4.69, 9.17) is 11.6 Å². The van der Waals surface area contributed by atoms with Gasteiger partial charge in [0.25, 0.3) is 5.92 Å². The van der Waals surface area contributed by atoms with Crippen LogP contribution in [0.2, 0.25) is 5.02 Å². The fraction of sp³-hybridized carbons (Fsp3) is 0.150. The van der Waals surface area contributed by atoms with Crippen molar-refractivity contribution in [1.82, 2.24) is 4.57 Å². The fourth-order valence-corrected chi connectivity index (χ4v) is 3.50. The molecule has 0 fully saturated rings. The SMILES string of the molecule is CC(F)(F)c1ccc(C2=NCc3c(Cl)cc(F)cc3-n3cccc32)cc1F. The Morgan fingerprint density at radius 1 is 1.11 bits per heavy atom. The molecule has 2 nitrogen and oxygen atoms in total. The van der Waals surface area contributed by atoms with Crippen LogP contribution in [-0.2, 0) is 12.5 Å². The Labute approximate surface area is 157 Å².